The molecule has 0 aliphatic heterocycles. The molecule has 0 atom stereocenters. The van der Waals surface area contributed by atoms with Crippen LogP contribution in [0.5, 0.6) is 0 Å². The molecule has 2 rings (SSSR count). The second-order valence-electron chi connectivity index (χ2n) is 2.99. The average Bonchev–Trinajstić information content (AvgIpc) is 2.23. The fourth-order valence-electron chi connectivity index (χ4n) is 1.29. The molecule has 0 bridgehead atoms. The largest absolute Gasteiger partial charge is 0.478 e. The lowest BCUT2D eigenvalue weighted by molar-refractivity contribution is 0.0696. The standard InChI is InChI=1S/C10H5NO4/c12-7-1-2-8(13)9-6(7)3-5(4-11-9)10(14)15/h1-4H,(H,14,15). The first-order chi connectivity index (χ1) is 7.09. The first-order valence-corrected chi connectivity index (χ1v) is 4.09. The average molecular weight is 203 g/mol. The predicted octanol–water partition coefficient (Wildman–Crippen LogP) is 0.715. The van der Waals surface area contributed by atoms with Crippen LogP contribution in [-0.2, 0) is 0 Å². The molecule has 0 saturated heterocycles. The van der Waals surface area contributed by atoms with Gasteiger partial charge < -0.3 is 5.11 Å². The maximum absolute atomic E-state index is 11.3. The number of ketones is 2. The van der Waals surface area contributed by atoms with Crippen molar-refractivity contribution < 1.29 is 19.5 Å². The Hall–Kier alpha value is -2.30. The zero-order valence-corrected chi connectivity index (χ0v) is 7.43. The summed E-state index contributed by atoms with van der Waals surface area (Å²) in [7, 11) is 0. The zero-order chi connectivity index (χ0) is 11.0. The molecule has 15 heavy (non-hydrogen) atoms. The molecule has 1 aliphatic rings. The number of carbonyl (C=O) groups is 3. The van der Waals surface area contributed by atoms with E-state index in [0.29, 0.717) is 0 Å². The van der Waals surface area contributed by atoms with Crippen LogP contribution in [0.15, 0.2) is 24.4 Å². The van der Waals surface area contributed by atoms with E-state index in [1.54, 1.807) is 0 Å². The summed E-state index contributed by atoms with van der Waals surface area (Å²) in [4.78, 5) is 36.9. The van der Waals surface area contributed by atoms with Gasteiger partial charge in [0.15, 0.2) is 5.78 Å². The minimum Gasteiger partial charge on any atom is -0.478 e. The van der Waals surface area contributed by atoms with Crippen LogP contribution >= 0.6 is 0 Å². The predicted molar refractivity (Wildman–Crippen MR) is 49.0 cm³/mol. The van der Waals surface area contributed by atoms with E-state index in [-0.39, 0.29) is 22.6 Å². The van der Waals surface area contributed by atoms with Gasteiger partial charge in [-0.1, -0.05) is 0 Å². The van der Waals surface area contributed by atoms with Gasteiger partial charge in [0.2, 0.25) is 5.78 Å². The highest BCUT2D eigenvalue weighted by Gasteiger charge is 2.21. The van der Waals surface area contributed by atoms with Crippen LogP contribution in [-0.4, -0.2) is 27.6 Å². The summed E-state index contributed by atoms with van der Waals surface area (Å²) in [5.41, 5.74) is -0.0555. The van der Waals surface area contributed by atoms with Crippen LogP contribution in [0.4, 0.5) is 0 Å². The highest BCUT2D eigenvalue weighted by atomic mass is 16.4. The lowest BCUT2D eigenvalue weighted by atomic mass is 9.98. The van der Waals surface area contributed by atoms with Crippen LogP contribution in [0.25, 0.3) is 0 Å². The summed E-state index contributed by atoms with van der Waals surface area (Å²) < 4.78 is 0. The second kappa shape index (κ2) is 3.13. The first kappa shape index (κ1) is 9.26. The van der Waals surface area contributed by atoms with Gasteiger partial charge in [-0.3, -0.25) is 14.6 Å². The minimum absolute atomic E-state index is 0.00694. The van der Waals surface area contributed by atoms with E-state index in [2.05, 4.69) is 4.98 Å². The molecule has 5 heteroatoms. The number of carbonyl (C=O) groups excluding carboxylic acids is 2. The summed E-state index contributed by atoms with van der Waals surface area (Å²) in [6, 6.07) is 1.16. The molecule has 0 aromatic carbocycles. The molecular formula is C10H5NO4. The van der Waals surface area contributed by atoms with Crippen molar-refractivity contribution in [1.29, 1.82) is 0 Å². The SMILES string of the molecule is O=C(O)c1cnc2c(c1)C(=O)C=CC2=O. The molecular weight excluding hydrogens is 198 g/mol. The lowest BCUT2D eigenvalue weighted by Crippen LogP contribution is -2.15. The Kier molecular flexibility index (Phi) is 1.93. The van der Waals surface area contributed by atoms with Crippen LogP contribution in [0.3, 0.4) is 0 Å². The van der Waals surface area contributed by atoms with E-state index in [0.717, 1.165) is 24.4 Å². The van der Waals surface area contributed by atoms with Gasteiger partial charge in [0, 0.05) is 6.20 Å². The Morgan fingerprint density at radius 1 is 1.20 bits per heavy atom. The van der Waals surface area contributed by atoms with Crippen LogP contribution in [0.1, 0.15) is 31.2 Å². The van der Waals surface area contributed by atoms with Crippen molar-refractivity contribution >= 4 is 17.5 Å². The number of hydrogen-bond donors (Lipinski definition) is 1. The van der Waals surface area contributed by atoms with Crippen LogP contribution in [0.2, 0.25) is 0 Å². The van der Waals surface area contributed by atoms with Crippen molar-refractivity contribution in [3.63, 3.8) is 0 Å². The van der Waals surface area contributed by atoms with E-state index in [1.165, 1.54) is 0 Å². The van der Waals surface area contributed by atoms with Gasteiger partial charge in [-0.15, -0.1) is 0 Å². The molecule has 74 valence electrons. The third kappa shape index (κ3) is 1.43. The first-order valence-electron chi connectivity index (χ1n) is 4.09. The number of rotatable bonds is 1. The summed E-state index contributed by atoms with van der Waals surface area (Å²) in [6.45, 7) is 0. The number of nitrogens with zero attached hydrogens (tertiary/aromatic N) is 1. The maximum Gasteiger partial charge on any atom is 0.337 e. The highest BCUT2D eigenvalue weighted by molar-refractivity contribution is 6.21. The minimum atomic E-state index is -1.18. The van der Waals surface area contributed by atoms with Gasteiger partial charge in [0.05, 0.1) is 11.1 Å². The zero-order valence-electron chi connectivity index (χ0n) is 7.43. The molecule has 1 aliphatic carbocycles. The highest BCUT2D eigenvalue weighted by Crippen LogP contribution is 2.15. The molecule has 1 heterocycles. The summed E-state index contributed by atoms with van der Waals surface area (Å²) in [6.07, 6.45) is 3.29. The number of carboxylic acid groups (broad SMARTS) is 1. The number of fused-ring (bicyclic) bond motifs is 1. The van der Waals surface area contributed by atoms with E-state index < -0.39 is 11.8 Å². The molecule has 0 radical (unpaired) electrons. The number of hydrogen-bond acceptors (Lipinski definition) is 4. The third-order valence-corrected chi connectivity index (χ3v) is 2.02. The molecule has 0 fully saturated rings. The monoisotopic (exact) mass is 203 g/mol. The van der Waals surface area contributed by atoms with Crippen molar-refractivity contribution in [1.82, 2.24) is 4.98 Å². The second-order valence-corrected chi connectivity index (χ2v) is 2.99. The Bertz CT molecular complexity index is 516. The number of aromatic nitrogens is 1. The van der Waals surface area contributed by atoms with Gasteiger partial charge in [0.1, 0.15) is 5.69 Å². The molecule has 1 aromatic heterocycles. The number of aromatic carboxylic acids is 1. The van der Waals surface area contributed by atoms with E-state index in [9.17, 15) is 14.4 Å². The normalized spacial score (nSPS) is 13.9. The number of carboxylic acids is 1. The Morgan fingerprint density at radius 2 is 1.87 bits per heavy atom. The molecule has 0 amide bonds. The van der Waals surface area contributed by atoms with Crippen LogP contribution in [0, 0.1) is 0 Å². The molecule has 0 spiro atoms. The van der Waals surface area contributed by atoms with E-state index in [1.807, 2.05) is 0 Å². The Morgan fingerprint density at radius 3 is 2.53 bits per heavy atom. The number of pyridine rings is 1. The molecule has 5 nitrogen and oxygen atoms in total. The van der Waals surface area contributed by atoms with Gasteiger partial charge in [-0.2, -0.15) is 0 Å². The Balaban J connectivity index is 2.63. The number of allylic oxidation sites excluding steroid dienone is 2. The quantitative estimate of drug-likeness (QED) is 0.726. The molecule has 1 aromatic rings. The molecule has 1 N–H and O–H groups in total. The van der Waals surface area contributed by atoms with Crippen molar-refractivity contribution in [2.24, 2.45) is 0 Å². The third-order valence-electron chi connectivity index (χ3n) is 2.02. The molecule has 0 unspecified atom stereocenters. The van der Waals surface area contributed by atoms with Gasteiger partial charge in [-0.25, -0.2) is 4.79 Å². The van der Waals surface area contributed by atoms with Crippen LogP contribution < -0.4 is 0 Å². The van der Waals surface area contributed by atoms with Crippen molar-refractivity contribution in [3.8, 4) is 0 Å². The smallest absolute Gasteiger partial charge is 0.337 e. The van der Waals surface area contributed by atoms with Gasteiger partial charge in [-0.05, 0) is 18.2 Å². The van der Waals surface area contributed by atoms with Crippen molar-refractivity contribution in [3.05, 3.63) is 41.2 Å². The topological polar surface area (TPSA) is 84.3 Å². The van der Waals surface area contributed by atoms with Gasteiger partial charge in [0.25, 0.3) is 0 Å². The van der Waals surface area contributed by atoms with Gasteiger partial charge >= 0.3 is 5.97 Å². The lowest BCUT2D eigenvalue weighted by Gasteiger charge is -2.07. The van der Waals surface area contributed by atoms with E-state index >= 15 is 0 Å². The Labute approximate surface area is 84.1 Å². The van der Waals surface area contributed by atoms with Crippen molar-refractivity contribution in [2.45, 2.75) is 0 Å². The summed E-state index contributed by atoms with van der Waals surface area (Å²) in [5.74, 6) is -1.97. The summed E-state index contributed by atoms with van der Waals surface area (Å²) >= 11 is 0. The summed E-state index contributed by atoms with van der Waals surface area (Å²) in [5, 5.41) is 8.68. The van der Waals surface area contributed by atoms with E-state index in [4.69, 9.17) is 5.11 Å². The van der Waals surface area contributed by atoms with Crippen molar-refractivity contribution in [2.75, 3.05) is 0 Å². The fourth-order valence-corrected chi connectivity index (χ4v) is 1.29. The molecule has 0 saturated carbocycles. The maximum atomic E-state index is 11.3. The fraction of sp³-hybridized carbons (Fsp3) is 0.